The van der Waals surface area contributed by atoms with Crippen molar-refractivity contribution in [2.45, 2.75) is 19.3 Å². The number of nitrogens with two attached hydrogens (primary N) is 1. The Morgan fingerprint density at radius 1 is 1.29 bits per heavy atom. The Kier molecular flexibility index (Phi) is 4.68. The van der Waals surface area contributed by atoms with Gasteiger partial charge in [0.2, 0.25) is 11.8 Å². The van der Waals surface area contributed by atoms with Crippen molar-refractivity contribution in [3.05, 3.63) is 71.4 Å². The van der Waals surface area contributed by atoms with Crippen LogP contribution in [0.5, 0.6) is 11.6 Å². The number of fused-ring (bicyclic) bond motifs is 1. The highest BCUT2D eigenvalue weighted by molar-refractivity contribution is 5.71. The first-order valence-corrected chi connectivity index (χ1v) is 9.02. The molecule has 3 aromatic rings. The molecule has 0 radical (unpaired) electrons. The molecule has 0 spiro atoms. The minimum atomic E-state index is -0.410. The summed E-state index contributed by atoms with van der Waals surface area (Å²) in [7, 11) is 0. The van der Waals surface area contributed by atoms with Crippen molar-refractivity contribution in [3.63, 3.8) is 0 Å². The summed E-state index contributed by atoms with van der Waals surface area (Å²) in [5, 5.41) is 17.0. The van der Waals surface area contributed by atoms with E-state index in [1.54, 1.807) is 12.4 Å². The largest absolute Gasteiger partial charge is 0.494 e. The molecule has 0 amide bonds. The second-order valence-electron chi connectivity index (χ2n) is 6.40. The molecule has 0 saturated heterocycles. The quantitative estimate of drug-likeness (QED) is 0.708. The minimum absolute atomic E-state index is 0.0604. The van der Waals surface area contributed by atoms with Gasteiger partial charge >= 0.3 is 0 Å². The lowest BCUT2D eigenvalue weighted by Gasteiger charge is -2.23. The molecule has 1 aromatic carbocycles. The number of H-pyrrole nitrogens is 1. The average molecular weight is 373 g/mol. The topological polar surface area (TPSA) is 110 Å². The summed E-state index contributed by atoms with van der Waals surface area (Å²) in [4.78, 5) is 4.19. The molecule has 2 aromatic heterocycles. The Morgan fingerprint density at radius 3 is 2.79 bits per heavy atom. The second-order valence-corrected chi connectivity index (χ2v) is 6.40. The third-order valence-corrected chi connectivity index (χ3v) is 4.57. The van der Waals surface area contributed by atoms with Gasteiger partial charge in [0.15, 0.2) is 0 Å². The second kappa shape index (κ2) is 7.45. The molecule has 1 aliphatic rings. The van der Waals surface area contributed by atoms with Gasteiger partial charge in [-0.2, -0.15) is 5.26 Å². The fourth-order valence-corrected chi connectivity index (χ4v) is 3.28. The van der Waals surface area contributed by atoms with E-state index in [0.29, 0.717) is 18.1 Å². The number of hydrogen-bond acceptors (Lipinski definition) is 6. The summed E-state index contributed by atoms with van der Waals surface area (Å²) >= 11 is 0. The van der Waals surface area contributed by atoms with Crippen LogP contribution < -0.4 is 15.2 Å². The number of hydrogen-bond donors (Lipinski definition) is 2. The van der Waals surface area contributed by atoms with Crippen LogP contribution in [-0.2, 0) is 0 Å². The Bertz CT molecular complexity index is 1050. The molecule has 0 aliphatic carbocycles. The fourth-order valence-electron chi connectivity index (χ4n) is 3.28. The van der Waals surface area contributed by atoms with Crippen LogP contribution in [0.2, 0.25) is 0 Å². The molecule has 28 heavy (non-hydrogen) atoms. The number of benzene rings is 1. The molecule has 0 unspecified atom stereocenters. The summed E-state index contributed by atoms with van der Waals surface area (Å²) in [5.74, 6) is 0.824. The number of nitrogens with zero attached hydrogens (tertiary/aromatic N) is 3. The number of allylic oxidation sites excluding steroid dienone is 1. The highest BCUT2D eigenvalue weighted by Gasteiger charge is 2.35. The summed E-state index contributed by atoms with van der Waals surface area (Å²) in [6.45, 7) is 2.74. The van der Waals surface area contributed by atoms with Gasteiger partial charge in [-0.25, -0.2) is 0 Å². The van der Waals surface area contributed by atoms with Crippen molar-refractivity contribution in [1.29, 1.82) is 5.26 Å². The molecule has 0 bridgehead atoms. The van der Waals surface area contributed by atoms with E-state index in [-0.39, 0.29) is 5.88 Å². The number of nitrogens with one attached hydrogen (secondary N) is 1. The van der Waals surface area contributed by atoms with Gasteiger partial charge in [-0.3, -0.25) is 10.1 Å². The van der Waals surface area contributed by atoms with Crippen molar-refractivity contribution < 1.29 is 9.47 Å². The van der Waals surface area contributed by atoms with Crippen LogP contribution in [0.4, 0.5) is 0 Å². The Labute approximate surface area is 162 Å². The van der Waals surface area contributed by atoms with Crippen LogP contribution >= 0.6 is 0 Å². The van der Waals surface area contributed by atoms with Gasteiger partial charge in [-0.1, -0.05) is 13.0 Å². The van der Waals surface area contributed by atoms with Gasteiger partial charge < -0.3 is 15.2 Å². The smallest absolute Gasteiger partial charge is 0.244 e. The van der Waals surface area contributed by atoms with E-state index in [1.165, 1.54) is 0 Å². The lowest BCUT2D eigenvalue weighted by Crippen LogP contribution is -2.21. The SMILES string of the molecule is CCCOc1ccc(-c2[nH]nc3c2[C@H](c2cccnc2)C(C#N)=C(N)O3)cc1. The van der Waals surface area contributed by atoms with E-state index in [1.807, 2.05) is 36.4 Å². The maximum absolute atomic E-state index is 9.70. The Hall–Kier alpha value is -3.79. The van der Waals surface area contributed by atoms with Crippen LogP contribution in [0.25, 0.3) is 11.3 Å². The Balaban J connectivity index is 1.80. The number of rotatable bonds is 5. The number of aromatic nitrogens is 3. The van der Waals surface area contributed by atoms with E-state index in [2.05, 4.69) is 28.2 Å². The third kappa shape index (κ3) is 3.05. The molecule has 0 saturated carbocycles. The standard InChI is InChI=1S/C21H19N5O2/c1-2-10-27-15-7-5-13(6-8-15)19-18-17(14-4-3-9-24-12-14)16(11-22)20(23)28-21(18)26-25-19/h3-9,12,17H,2,10,23H2,1H3,(H,25,26)/t17-/m1/s1. The summed E-state index contributed by atoms with van der Waals surface area (Å²) < 4.78 is 11.3. The summed E-state index contributed by atoms with van der Waals surface area (Å²) in [6, 6.07) is 13.7. The first-order chi connectivity index (χ1) is 13.7. The molecule has 4 rings (SSSR count). The summed E-state index contributed by atoms with van der Waals surface area (Å²) in [5.41, 5.74) is 9.62. The number of pyridine rings is 1. The van der Waals surface area contributed by atoms with E-state index < -0.39 is 5.92 Å². The van der Waals surface area contributed by atoms with Crippen molar-refractivity contribution >= 4 is 0 Å². The molecular weight excluding hydrogens is 354 g/mol. The summed E-state index contributed by atoms with van der Waals surface area (Å²) in [6.07, 6.45) is 4.36. The average Bonchev–Trinajstić information content (AvgIpc) is 3.15. The van der Waals surface area contributed by atoms with Crippen molar-refractivity contribution in [3.8, 4) is 29.0 Å². The predicted octanol–water partition coefficient (Wildman–Crippen LogP) is 3.48. The van der Waals surface area contributed by atoms with Crippen LogP contribution in [-0.4, -0.2) is 21.8 Å². The van der Waals surface area contributed by atoms with Crippen molar-refractivity contribution in [2.75, 3.05) is 6.61 Å². The van der Waals surface area contributed by atoms with Crippen molar-refractivity contribution in [1.82, 2.24) is 15.2 Å². The molecule has 3 N–H and O–H groups in total. The van der Waals surface area contributed by atoms with Gasteiger partial charge in [-0.05, 0) is 42.3 Å². The van der Waals surface area contributed by atoms with Gasteiger partial charge in [0.1, 0.15) is 17.4 Å². The number of aromatic amines is 1. The zero-order valence-electron chi connectivity index (χ0n) is 15.3. The highest BCUT2D eigenvalue weighted by Crippen LogP contribution is 2.45. The predicted molar refractivity (Wildman–Crippen MR) is 103 cm³/mol. The van der Waals surface area contributed by atoms with Crippen LogP contribution in [0.15, 0.2) is 60.2 Å². The molecule has 1 atom stereocenters. The molecule has 7 heteroatoms. The highest BCUT2D eigenvalue weighted by atomic mass is 16.5. The third-order valence-electron chi connectivity index (χ3n) is 4.57. The van der Waals surface area contributed by atoms with Gasteiger partial charge in [-0.15, -0.1) is 5.10 Å². The maximum atomic E-state index is 9.70. The normalized spacial score (nSPS) is 15.5. The van der Waals surface area contributed by atoms with Crippen molar-refractivity contribution in [2.24, 2.45) is 5.73 Å². The number of nitriles is 1. The van der Waals surface area contributed by atoms with Gasteiger partial charge in [0.25, 0.3) is 0 Å². The van der Waals surface area contributed by atoms with Crippen LogP contribution in [0, 0.1) is 11.3 Å². The molecule has 140 valence electrons. The molecule has 7 nitrogen and oxygen atoms in total. The molecule has 0 fully saturated rings. The molecular formula is C21H19N5O2. The van der Waals surface area contributed by atoms with Crippen LogP contribution in [0.1, 0.15) is 30.4 Å². The minimum Gasteiger partial charge on any atom is -0.494 e. The lowest BCUT2D eigenvalue weighted by atomic mass is 9.84. The number of ether oxygens (including phenoxy) is 2. The Morgan fingerprint density at radius 2 is 2.11 bits per heavy atom. The van der Waals surface area contributed by atoms with E-state index in [4.69, 9.17) is 15.2 Å². The zero-order valence-corrected chi connectivity index (χ0v) is 15.3. The molecule has 3 heterocycles. The monoisotopic (exact) mass is 373 g/mol. The van der Waals surface area contributed by atoms with Crippen LogP contribution in [0.3, 0.4) is 0 Å². The van der Waals surface area contributed by atoms with Gasteiger partial charge in [0.05, 0.1) is 23.8 Å². The maximum Gasteiger partial charge on any atom is 0.244 e. The molecule has 1 aliphatic heterocycles. The first-order valence-electron chi connectivity index (χ1n) is 9.02. The fraction of sp³-hybridized carbons (Fsp3) is 0.190. The van der Waals surface area contributed by atoms with Gasteiger partial charge in [0, 0.05) is 18.0 Å². The van der Waals surface area contributed by atoms with E-state index >= 15 is 0 Å². The first kappa shape index (κ1) is 17.6. The van der Waals surface area contributed by atoms with E-state index in [0.717, 1.165) is 34.6 Å². The zero-order chi connectivity index (χ0) is 19.5. The van der Waals surface area contributed by atoms with E-state index in [9.17, 15) is 5.26 Å². The lowest BCUT2D eigenvalue weighted by molar-refractivity contribution is 0.317.